The van der Waals surface area contributed by atoms with Gasteiger partial charge in [0.2, 0.25) is 5.95 Å². The van der Waals surface area contributed by atoms with Crippen LogP contribution in [0.3, 0.4) is 0 Å². The zero-order valence-corrected chi connectivity index (χ0v) is 21.5. The molecule has 1 fully saturated rings. The number of benzene rings is 2. The van der Waals surface area contributed by atoms with E-state index in [4.69, 9.17) is 0 Å². The van der Waals surface area contributed by atoms with E-state index in [1.807, 2.05) is 6.07 Å². The highest BCUT2D eigenvalue weighted by Crippen LogP contribution is 2.32. The van der Waals surface area contributed by atoms with Gasteiger partial charge in [-0.1, -0.05) is 30.0 Å². The van der Waals surface area contributed by atoms with Crippen LogP contribution in [0.4, 0.5) is 25.2 Å². The van der Waals surface area contributed by atoms with E-state index in [1.165, 1.54) is 23.8 Å². The van der Waals surface area contributed by atoms with E-state index in [-0.39, 0.29) is 25.1 Å². The van der Waals surface area contributed by atoms with E-state index in [9.17, 15) is 14.4 Å². The van der Waals surface area contributed by atoms with Crippen LogP contribution in [0.5, 0.6) is 0 Å². The minimum Gasteiger partial charge on any atom is -0.320 e. The third-order valence-electron chi connectivity index (χ3n) is 6.54. The number of imidazole rings is 1. The fraction of sp³-hybridized carbons (Fsp3) is 0.286. The van der Waals surface area contributed by atoms with Gasteiger partial charge in [0.05, 0.1) is 5.69 Å². The quantitative estimate of drug-likeness (QED) is 0.389. The Morgan fingerprint density at radius 3 is 2.34 bits per heavy atom. The number of aromatic nitrogens is 2. The minimum atomic E-state index is -1.58. The number of hydrogen-bond acceptors (Lipinski definition) is 4. The summed E-state index contributed by atoms with van der Waals surface area (Å²) in [6.07, 6.45) is 2.00. The first-order valence-electron chi connectivity index (χ1n) is 11.9. The van der Waals surface area contributed by atoms with Crippen LogP contribution in [-0.4, -0.2) is 58.4 Å². The lowest BCUT2D eigenvalue weighted by atomic mass is 9.92. The van der Waals surface area contributed by atoms with Gasteiger partial charge in [-0.25, -0.2) is 18.6 Å². The summed E-state index contributed by atoms with van der Waals surface area (Å²) in [6.45, 7) is 3.37. The van der Waals surface area contributed by atoms with Crippen LogP contribution in [0.25, 0.3) is 0 Å². The first-order valence-corrected chi connectivity index (χ1v) is 11.9. The van der Waals surface area contributed by atoms with Crippen molar-refractivity contribution in [2.45, 2.75) is 25.8 Å². The molecule has 0 spiro atoms. The molecule has 3 aromatic rings. The second-order valence-electron chi connectivity index (χ2n) is 9.29. The molecule has 38 heavy (non-hydrogen) atoms. The van der Waals surface area contributed by atoms with Crippen LogP contribution >= 0.6 is 0 Å². The Hall–Kier alpha value is -4.52. The second-order valence-corrected chi connectivity index (χ2v) is 9.29. The number of hydrogen-bond donors (Lipinski definition) is 0. The number of carbonyl (C=O) groups excluding carboxylic acids is 3. The van der Waals surface area contributed by atoms with Gasteiger partial charge < -0.3 is 14.3 Å². The molecule has 0 radical (unpaired) electrons. The molecular weight excluding hydrogens is 492 g/mol. The molecule has 196 valence electrons. The van der Waals surface area contributed by atoms with E-state index in [0.29, 0.717) is 23.5 Å². The van der Waals surface area contributed by atoms with Crippen molar-refractivity contribution >= 4 is 29.9 Å². The van der Waals surface area contributed by atoms with Crippen molar-refractivity contribution in [3.8, 4) is 11.8 Å². The SMILES string of the molecule is Cc1cn(C)c(N2CCN(C(=O)N(C)c3c(F)cc(C#Cc4ccccc4)cc3F)C(C)(CC=O)C2=O)n1. The monoisotopic (exact) mass is 519 g/mol. The molecule has 0 aliphatic carbocycles. The molecule has 1 aromatic heterocycles. The van der Waals surface area contributed by atoms with Gasteiger partial charge in [0, 0.05) is 50.9 Å². The van der Waals surface area contributed by atoms with Gasteiger partial charge in [-0.15, -0.1) is 0 Å². The van der Waals surface area contributed by atoms with E-state index >= 15 is 8.78 Å². The number of anilines is 2. The smallest absolute Gasteiger partial charge is 0.320 e. The summed E-state index contributed by atoms with van der Waals surface area (Å²) in [7, 11) is 2.96. The molecule has 10 heteroatoms. The maximum Gasteiger partial charge on any atom is 0.325 e. The van der Waals surface area contributed by atoms with E-state index in [2.05, 4.69) is 16.8 Å². The van der Waals surface area contributed by atoms with Crippen molar-refractivity contribution in [2.75, 3.05) is 29.9 Å². The Balaban J connectivity index is 1.62. The molecule has 8 nitrogen and oxygen atoms in total. The van der Waals surface area contributed by atoms with Crippen LogP contribution in [0, 0.1) is 30.4 Å². The second kappa shape index (κ2) is 10.5. The summed E-state index contributed by atoms with van der Waals surface area (Å²) in [5.41, 5.74) is -0.673. The molecule has 1 aliphatic heterocycles. The molecule has 1 atom stereocenters. The summed E-state index contributed by atoms with van der Waals surface area (Å²) < 4.78 is 31.9. The Kier molecular flexibility index (Phi) is 7.30. The number of aldehydes is 1. The van der Waals surface area contributed by atoms with E-state index in [0.717, 1.165) is 17.0 Å². The largest absolute Gasteiger partial charge is 0.325 e. The number of piperazine rings is 1. The van der Waals surface area contributed by atoms with Crippen LogP contribution < -0.4 is 9.80 Å². The van der Waals surface area contributed by atoms with E-state index < -0.39 is 34.8 Å². The lowest BCUT2D eigenvalue weighted by molar-refractivity contribution is -0.133. The van der Waals surface area contributed by atoms with Gasteiger partial charge in [-0.3, -0.25) is 14.6 Å². The molecule has 4 rings (SSSR count). The van der Waals surface area contributed by atoms with Crippen molar-refractivity contribution in [1.82, 2.24) is 14.5 Å². The van der Waals surface area contributed by atoms with Gasteiger partial charge in [0.15, 0.2) is 11.6 Å². The third kappa shape index (κ3) is 4.87. The Labute approximate surface area is 219 Å². The predicted octanol–water partition coefficient (Wildman–Crippen LogP) is 3.66. The molecule has 1 aliphatic rings. The normalized spacial score (nSPS) is 17.2. The zero-order chi connectivity index (χ0) is 27.6. The summed E-state index contributed by atoms with van der Waals surface area (Å²) >= 11 is 0. The Morgan fingerprint density at radius 1 is 1.13 bits per heavy atom. The first-order chi connectivity index (χ1) is 18.1. The first kappa shape index (κ1) is 26.5. The summed E-state index contributed by atoms with van der Waals surface area (Å²) in [4.78, 5) is 46.5. The highest BCUT2D eigenvalue weighted by atomic mass is 19.1. The van der Waals surface area contributed by atoms with Crippen molar-refractivity contribution in [1.29, 1.82) is 0 Å². The molecule has 2 aromatic carbocycles. The number of halogens is 2. The van der Waals surface area contributed by atoms with Crippen molar-refractivity contribution < 1.29 is 23.2 Å². The van der Waals surface area contributed by atoms with E-state index in [1.54, 1.807) is 49.0 Å². The lowest BCUT2D eigenvalue weighted by Crippen LogP contribution is -2.68. The molecule has 1 saturated heterocycles. The van der Waals surface area contributed by atoms with Crippen LogP contribution in [-0.2, 0) is 16.6 Å². The van der Waals surface area contributed by atoms with Gasteiger partial charge in [-0.2, -0.15) is 0 Å². The fourth-order valence-corrected chi connectivity index (χ4v) is 4.57. The molecule has 0 bridgehead atoms. The highest BCUT2D eigenvalue weighted by Gasteiger charge is 2.50. The number of nitrogens with zero attached hydrogens (tertiary/aromatic N) is 5. The van der Waals surface area contributed by atoms with Gasteiger partial charge in [-0.05, 0) is 38.1 Å². The average Bonchev–Trinajstić information content (AvgIpc) is 3.21. The molecule has 0 saturated carbocycles. The van der Waals surface area contributed by atoms with Crippen LogP contribution in [0.15, 0.2) is 48.7 Å². The standard InChI is InChI=1S/C28H27F2N5O3/c1-19-18-32(3)26(31-19)34-13-14-35(28(2,12-15-36)25(34)37)27(38)33(4)24-22(29)16-21(17-23(24)30)11-10-20-8-6-5-7-9-20/h5-9,15-18H,12-14H2,1-4H3. The Morgan fingerprint density at radius 2 is 1.76 bits per heavy atom. The molecule has 2 heterocycles. The van der Waals surface area contributed by atoms with Crippen molar-refractivity contribution in [2.24, 2.45) is 7.05 Å². The topological polar surface area (TPSA) is 78.8 Å². The molecule has 1 unspecified atom stereocenters. The minimum absolute atomic E-state index is 0.0229. The molecular formula is C28H27F2N5O3. The van der Waals surface area contributed by atoms with Crippen molar-refractivity contribution in [3.63, 3.8) is 0 Å². The van der Waals surface area contributed by atoms with Gasteiger partial charge in [0.1, 0.15) is 17.5 Å². The maximum absolute atomic E-state index is 15.1. The fourth-order valence-electron chi connectivity index (χ4n) is 4.57. The number of aryl methyl sites for hydroxylation is 2. The molecule has 3 amide bonds. The number of urea groups is 1. The lowest BCUT2D eigenvalue weighted by Gasteiger charge is -2.47. The van der Waals surface area contributed by atoms with Crippen molar-refractivity contribution in [3.05, 3.63) is 77.1 Å². The third-order valence-corrected chi connectivity index (χ3v) is 6.54. The maximum atomic E-state index is 15.1. The van der Waals surface area contributed by atoms with Gasteiger partial charge >= 0.3 is 6.03 Å². The number of amides is 3. The summed E-state index contributed by atoms with van der Waals surface area (Å²) in [5, 5.41) is 0. The predicted molar refractivity (Wildman–Crippen MR) is 139 cm³/mol. The number of rotatable bonds is 4. The Bertz CT molecular complexity index is 1440. The number of carbonyl (C=O) groups is 3. The van der Waals surface area contributed by atoms with Crippen LogP contribution in [0.1, 0.15) is 30.2 Å². The average molecular weight is 520 g/mol. The highest BCUT2D eigenvalue weighted by molar-refractivity contribution is 6.05. The zero-order valence-electron chi connectivity index (χ0n) is 21.5. The summed E-state index contributed by atoms with van der Waals surface area (Å²) in [5.74, 6) is 3.46. The van der Waals surface area contributed by atoms with Crippen LogP contribution in [0.2, 0.25) is 0 Å². The summed E-state index contributed by atoms with van der Waals surface area (Å²) in [6, 6.07) is 10.3. The molecule has 0 N–H and O–H groups in total. The van der Waals surface area contributed by atoms with Gasteiger partial charge in [0.25, 0.3) is 5.91 Å².